The van der Waals surface area contributed by atoms with Crippen LogP contribution in [0.25, 0.3) is 0 Å². The van der Waals surface area contributed by atoms with Crippen molar-refractivity contribution in [2.75, 3.05) is 6.61 Å². The smallest absolute Gasteiger partial charge is 0.338 e. The highest BCUT2D eigenvalue weighted by molar-refractivity contribution is 7.98. The quantitative estimate of drug-likeness (QED) is 0.341. The lowest BCUT2D eigenvalue weighted by Crippen LogP contribution is -2.23. The molecule has 0 heterocycles. The normalized spacial score (nSPS) is 11.4. The molecule has 0 saturated carbocycles. The number of thioether (sulfide) groups is 1. The molecule has 2 aromatic rings. The number of halogens is 1. The van der Waals surface area contributed by atoms with Crippen LogP contribution in [-0.4, -0.2) is 20.7 Å². The van der Waals surface area contributed by atoms with Crippen molar-refractivity contribution in [3.8, 4) is 0 Å². The molecule has 25 heavy (non-hydrogen) atoms. The molecule has 0 atom stereocenters. The van der Waals surface area contributed by atoms with E-state index >= 15 is 0 Å². The van der Waals surface area contributed by atoms with Crippen molar-refractivity contribution in [1.82, 2.24) is 0 Å². The van der Waals surface area contributed by atoms with Gasteiger partial charge in [-0.25, -0.2) is 9.18 Å². The summed E-state index contributed by atoms with van der Waals surface area (Å²) in [6, 6.07) is 13.8. The van der Waals surface area contributed by atoms with E-state index in [1.165, 1.54) is 17.8 Å². The molecular formula is C20H25FO2SSi. The Morgan fingerprint density at radius 1 is 1.12 bits per heavy atom. The molecule has 134 valence electrons. The zero-order valence-electron chi connectivity index (χ0n) is 15.3. The molecule has 0 fully saturated rings. The topological polar surface area (TPSA) is 26.3 Å². The second kappa shape index (κ2) is 8.67. The minimum absolute atomic E-state index is 0.355. The predicted octanol–water partition coefficient (Wildman–Crippen LogP) is 5.92. The van der Waals surface area contributed by atoms with E-state index in [9.17, 15) is 9.18 Å². The van der Waals surface area contributed by atoms with Crippen LogP contribution in [0.4, 0.5) is 4.39 Å². The molecule has 0 aromatic heterocycles. The Balaban J connectivity index is 2.16. The second-order valence-corrected chi connectivity index (χ2v) is 13.9. The van der Waals surface area contributed by atoms with Crippen molar-refractivity contribution in [2.45, 2.75) is 43.3 Å². The van der Waals surface area contributed by atoms with Crippen LogP contribution >= 0.6 is 11.8 Å². The number of hydrogen-bond donors (Lipinski definition) is 0. The van der Waals surface area contributed by atoms with Crippen LogP contribution < -0.4 is 0 Å². The van der Waals surface area contributed by atoms with Gasteiger partial charge in [0.25, 0.3) is 0 Å². The van der Waals surface area contributed by atoms with Crippen molar-refractivity contribution in [2.24, 2.45) is 0 Å². The SMILES string of the molecule is Cc1ccc(F)c(CSc2ccccc2)c1C(=O)OCC[Si](C)(C)C. The van der Waals surface area contributed by atoms with Gasteiger partial charge in [0.1, 0.15) is 5.82 Å². The summed E-state index contributed by atoms with van der Waals surface area (Å²) in [6.07, 6.45) is 0. The molecule has 0 aliphatic heterocycles. The van der Waals surface area contributed by atoms with E-state index in [-0.39, 0.29) is 5.82 Å². The monoisotopic (exact) mass is 376 g/mol. The molecular weight excluding hydrogens is 351 g/mol. The first kappa shape index (κ1) is 19.7. The highest BCUT2D eigenvalue weighted by Gasteiger charge is 2.21. The van der Waals surface area contributed by atoms with Crippen LogP contribution in [0.1, 0.15) is 21.5 Å². The molecule has 5 heteroatoms. The van der Waals surface area contributed by atoms with Crippen LogP contribution in [0.5, 0.6) is 0 Å². The molecule has 0 unspecified atom stereocenters. The van der Waals surface area contributed by atoms with Gasteiger partial charge in [-0.15, -0.1) is 11.8 Å². The van der Waals surface area contributed by atoms with E-state index in [0.29, 0.717) is 23.5 Å². The molecule has 0 aliphatic carbocycles. The van der Waals surface area contributed by atoms with Gasteiger partial charge in [0.05, 0.1) is 12.2 Å². The van der Waals surface area contributed by atoms with Crippen molar-refractivity contribution < 1.29 is 13.9 Å². The summed E-state index contributed by atoms with van der Waals surface area (Å²) < 4.78 is 19.8. The summed E-state index contributed by atoms with van der Waals surface area (Å²) in [6.45, 7) is 8.92. The van der Waals surface area contributed by atoms with Gasteiger partial charge < -0.3 is 4.74 Å². The summed E-state index contributed by atoms with van der Waals surface area (Å²) in [5.41, 5.74) is 1.55. The minimum atomic E-state index is -1.28. The van der Waals surface area contributed by atoms with Crippen LogP contribution in [-0.2, 0) is 10.5 Å². The van der Waals surface area contributed by atoms with E-state index in [0.717, 1.165) is 16.5 Å². The molecule has 0 amide bonds. The Kier molecular flexibility index (Phi) is 6.84. The van der Waals surface area contributed by atoms with Crippen molar-refractivity contribution >= 4 is 25.8 Å². The Labute approximate surface area is 154 Å². The largest absolute Gasteiger partial charge is 0.462 e. The van der Waals surface area contributed by atoms with Gasteiger partial charge in [0, 0.05) is 24.3 Å². The summed E-state index contributed by atoms with van der Waals surface area (Å²) in [5.74, 6) is -0.374. The Bertz CT molecular complexity index is 726. The first-order valence-electron chi connectivity index (χ1n) is 8.41. The lowest BCUT2D eigenvalue weighted by atomic mass is 10.0. The lowest BCUT2D eigenvalue weighted by molar-refractivity contribution is 0.0523. The van der Waals surface area contributed by atoms with Crippen molar-refractivity contribution in [3.05, 3.63) is 65.0 Å². The third-order valence-corrected chi connectivity index (χ3v) is 6.62. The Morgan fingerprint density at radius 3 is 2.44 bits per heavy atom. The van der Waals surface area contributed by atoms with Crippen molar-refractivity contribution in [1.29, 1.82) is 0 Å². The maximum Gasteiger partial charge on any atom is 0.338 e. The Morgan fingerprint density at radius 2 is 1.80 bits per heavy atom. The molecule has 2 rings (SSSR count). The van der Waals surface area contributed by atoms with E-state index in [2.05, 4.69) is 19.6 Å². The van der Waals surface area contributed by atoms with Crippen LogP contribution in [0.3, 0.4) is 0 Å². The first-order valence-corrected chi connectivity index (χ1v) is 13.1. The Hall–Kier alpha value is -1.59. The zero-order valence-corrected chi connectivity index (χ0v) is 17.1. The fraction of sp³-hybridized carbons (Fsp3) is 0.350. The van der Waals surface area contributed by atoms with E-state index in [4.69, 9.17) is 4.74 Å². The molecule has 0 N–H and O–H groups in total. The third-order valence-electron chi connectivity index (χ3n) is 3.88. The van der Waals surface area contributed by atoms with Crippen LogP contribution in [0.15, 0.2) is 47.4 Å². The van der Waals surface area contributed by atoms with E-state index in [1.807, 2.05) is 37.3 Å². The van der Waals surface area contributed by atoms with Gasteiger partial charge in [-0.1, -0.05) is 43.9 Å². The van der Waals surface area contributed by atoms with Crippen LogP contribution in [0.2, 0.25) is 25.7 Å². The van der Waals surface area contributed by atoms with E-state index < -0.39 is 14.0 Å². The fourth-order valence-electron chi connectivity index (χ4n) is 2.36. The second-order valence-electron chi connectivity index (χ2n) is 7.27. The molecule has 0 spiro atoms. The molecule has 0 radical (unpaired) electrons. The number of benzene rings is 2. The maximum atomic E-state index is 14.4. The molecule has 2 aromatic carbocycles. The van der Waals surface area contributed by atoms with Gasteiger partial charge in [-0.05, 0) is 36.7 Å². The summed E-state index contributed by atoms with van der Waals surface area (Å²) in [4.78, 5) is 13.6. The fourth-order valence-corrected chi connectivity index (χ4v) is 4.02. The highest BCUT2D eigenvalue weighted by atomic mass is 32.2. The number of rotatable bonds is 7. The van der Waals surface area contributed by atoms with Gasteiger partial charge in [0.2, 0.25) is 0 Å². The number of ether oxygens (including phenoxy) is 1. The molecule has 0 bridgehead atoms. The summed E-state index contributed by atoms with van der Waals surface area (Å²) in [7, 11) is -1.28. The number of carbonyl (C=O) groups excluding carboxylic acids is 1. The van der Waals surface area contributed by atoms with Crippen molar-refractivity contribution in [3.63, 3.8) is 0 Å². The zero-order chi connectivity index (χ0) is 18.4. The molecule has 2 nitrogen and oxygen atoms in total. The number of esters is 1. The number of aryl methyl sites for hydroxylation is 1. The third kappa shape index (κ3) is 6.01. The molecule has 0 aliphatic rings. The maximum absolute atomic E-state index is 14.4. The first-order chi connectivity index (χ1) is 11.8. The minimum Gasteiger partial charge on any atom is -0.462 e. The average Bonchev–Trinajstić information content (AvgIpc) is 2.55. The van der Waals surface area contributed by atoms with E-state index in [1.54, 1.807) is 6.07 Å². The van der Waals surface area contributed by atoms with Gasteiger partial charge in [-0.2, -0.15) is 0 Å². The number of hydrogen-bond acceptors (Lipinski definition) is 3. The summed E-state index contributed by atoms with van der Waals surface area (Å²) >= 11 is 1.52. The lowest BCUT2D eigenvalue weighted by Gasteiger charge is -2.17. The van der Waals surface area contributed by atoms with Gasteiger partial charge in [-0.3, -0.25) is 0 Å². The van der Waals surface area contributed by atoms with Crippen LogP contribution in [0, 0.1) is 12.7 Å². The standard InChI is InChI=1S/C20H25FO2SSi/c1-15-10-11-18(21)17(14-24-16-8-6-5-7-9-16)19(15)20(22)23-12-13-25(2,3)4/h5-11H,12-14H2,1-4H3. The average molecular weight is 377 g/mol. The van der Waals surface area contributed by atoms with Gasteiger partial charge >= 0.3 is 5.97 Å². The van der Waals surface area contributed by atoms with Gasteiger partial charge in [0.15, 0.2) is 0 Å². The predicted molar refractivity (Wildman–Crippen MR) is 106 cm³/mol. The highest BCUT2D eigenvalue weighted by Crippen LogP contribution is 2.28. The number of carbonyl (C=O) groups is 1. The molecule has 0 saturated heterocycles. The summed E-state index contributed by atoms with van der Waals surface area (Å²) in [5, 5.41) is 0.